The van der Waals surface area contributed by atoms with Crippen LogP contribution in [-0.4, -0.2) is 11.8 Å². The van der Waals surface area contributed by atoms with Crippen LogP contribution in [0, 0.1) is 19.7 Å². The van der Waals surface area contributed by atoms with Gasteiger partial charge in [-0.15, -0.1) is 0 Å². The normalized spacial score (nSPS) is 14.0. The van der Waals surface area contributed by atoms with Crippen molar-refractivity contribution in [3.63, 3.8) is 0 Å². The Labute approximate surface area is 168 Å². The fourth-order valence-electron chi connectivity index (χ4n) is 3.47. The summed E-state index contributed by atoms with van der Waals surface area (Å²) in [4.78, 5) is 27.9. The van der Waals surface area contributed by atoms with Crippen LogP contribution in [0.15, 0.2) is 78.5 Å². The molecule has 144 valence electrons. The third-order valence-electron chi connectivity index (χ3n) is 4.85. The van der Waals surface area contributed by atoms with E-state index in [1.54, 1.807) is 6.07 Å². The first-order valence-electron chi connectivity index (χ1n) is 9.24. The summed E-state index contributed by atoms with van der Waals surface area (Å²) in [5.74, 6) is -1.29. The molecular formula is C24H19FN2O2. The maximum atomic E-state index is 13.4. The maximum Gasteiger partial charge on any atom is 0.282 e. The molecule has 5 heteroatoms. The molecule has 0 saturated carbocycles. The standard InChI is InChI=1S/C24H19FN2O2/c1-15-8-13-20(16(2)14-15)27-23(28)21(17-9-11-18(25)12-10-17)22(24(27)29)26-19-6-4-3-5-7-19/h3-14,26H,1-2H3. The number of carbonyl (C=O) groups excluding carboxylic acids is 2. The fourth-order valence-corrected chi connectivity index (χ4v) is 3.47. The van der Waals surface area contributed by atoms with Crippen LogP contribution in [0.25, 0.3) is 5.57 Å². The summed E-state index contributed by atoms with van der Waals surface area (Å²) in [7, 11) is 0. The molecule has 0 fully saturated rings. The van der Waals surface area contributed by atoms with Crippen LogP contribution in [0.3, 0.4) is 0 Å². The van der Waals surface area contributed by atoms with Crippen LogP contribution in [0.1, 0.15) is 16.7 Å². The van der Waals surface area contributed by atoms with Crippen molar-refractivity contribution in [3.8, 4) is 0 Å². The lowest BCUT2D eigenvalue weighted by Gasteiger charge is -2.18. The Morgan fingerprint density at radius 1 is 0.828 bits per heavy atom. The summed E-state index contributed by atoms with van der Waals surface area (Å²) in [6, 6.07) is 20.3. The van der Waals surface area contributed by atoms with Crippen molar-refractivity contribution < 1.29 is 14.0 Å². The molecule has 1 heterocycles. The topological polar surface area (TPSA) is 49.4 Å². The smallest absolute Gasteiger partial charge is 0.282 e. The van der Waals surface area contributed by atoms with Gasteiger partial charge in [0, 0.05) is 5.69 Å². The molecule has 3 aromatic rings. The minimum Gasteiger partial charge on any atom is -0.350 e. The quantitative estimate of drug-likeness (QED) is 0.653. The second-order valence-electron chi connectivity index (χ2n) is 6.98. The number of imide groups is 1. The third-order valence-corrected chi connectivity index (χ3v) is 4.85. The van der Waals surface area contributed by atoms with E-state index in [0.717, 1.165) is 11.1 Å². The molecule has 1 aliphatic rings. The lowest BCUT2D eigenvalue weighted by atomic mass is 10.0. The third kappa shape index (κ3) is 3.43. The predicted molar refractivity (Wildman–Crippen MR) is 112 cm³/mol. The van der Waals surface area contributed by atoms with Gasteiger partial charge < -0.3 is 5.32 Å². The van der Waals surface area contributed by atoms with E-state index in [1.807, 2.05) is 56.3 Å². The number of halogens is 1. The van der Waals surface area contributed by atoms with E-state index in [9.17, 15) is 14.0 Å². The second kappa shape index (κ2) is 7.36. The van der Waals surface area contributed by atoms with E-state index in [-0.39, 0.29) is 11.3 Å². The van der Waals surface area contributed by atoms with Gasteiger partial charge in [-0.3, -0.25) is 9.59 Å². The number of amides is 2. The Morgan fingerprint density at radius 2 is 1.52 bits per heavy atom. The van der Waals surface area contributed by atoms with Gasteiger partial charge in [0.05, 0.1) is 11.3 Å². The first-order valence-corrected chi connectivity index (χ1v) is 9.24. The Kier molecular flexibility index (Phi) is 4.72. The molecule has 2 amide bonds. The number of anilines is 2. The van der Waals surface area contributed by atoms with Gasteiger partial charge >= 0.3 is 0 Å². The van der Waals surface area contributed by atoms with Gasteiger partial charge in [0.15, 0.2) is 0 Å². The van der Waals surface area contributed by atoms with Crippen molar-refractivity contribution in [1.82, 2.24) is 0 Å². The van der Waals surface area contributed by atoms with Crippen LogP contribution in [0.2, 0.25) is 0 Å². The first kappa shape index (κ1) is 18.6. The van der Waals surface area contributed by atoms with Crippen LogP contribution >= 0.6 is 0 Å². The van der Waals surface area contributed by atoms with Gasteiger partial charge in [-0.2, -0.15) is 0 Å². The van der Waals surface area contributed by atoms with Crippen molar-refractivity contribution >= 4 is 28.8 Å². The number of carbonyl (C=O) groups is 2. The Bertz CT molecular complexity index is 1140. The Morgan fingerprint density at radius 3 is 2.17 bits per heavy atom. The highest BCUT2D eigenvalue weighted by atomic mass is 19.1. The molecule has 4 rings (SSSR count). The molecule has 1 aliphatic heterocycles. The molecule has 3 aromatic carbocycles. The number of para-hydroxylation sites is 1. The van der Waals surface area contributed by atoms with Gasteiger partial charge in [0.25, 0.3) is 11.8 Å². The van der Waals surface area contributed by atoms with Crippen LogP contribution in [0.4, 0.5) is 15.8 Å². The number of nitrogens with zero attached hydrogens (tertiary/aromatic N) is 1. The molecule has 0 aliphatic carbocycles. The van der Waals surface area contributed by atoms with Crippen molar-refractivity contribution in [3.05, 3.63) is 101 Å². The summed E-state index contributed by atoms with van der Waals surface area (Å²) in [5, 5.41) is 3.09. The number of rotatable bonds is 4. The highest BCUT2D eigenvalue weighted by Crippen LogP contribution is 2.35. The first-order chi connectivity index (χ1) is 14.0. The Balaban J connectivity index is 1.84. The maximum absolute atomic E-state index is 13.4. The Hall–Kier alpha value is -3.73. The predicted octanol–water partition coefficient (Wildman–Crippen LogP) is 4.84. The SMILES string of the molecule is Cc1ccc(N2C(=O)C(Nc3ccccc3)=C(c3ccc(F)cc3)C2=O)c(C)c1. The molecule has 0 radical (unpaired) electrons. The van der Waals surface area contributed by atoms with E-state index in [1.165, 1.54) is 29.2 Å². The summed E-state index contributed by atoms with van der Waals surface area (Å²) >= 11 is 0. The van der Waals surface area contributed by atoms with E-state index >= 15 is 0 Å². The van der Waals surface area contributed by atoms with Gasteiger partial charge in [-0.25, -0.2) is 9.29 Å². The molecule has 0 aromatic heterocycles. The van der Waals surface area contributed by atoms with Crippen LogP contribution < -0.4 is 10.2 Å². The number of benzene rings is 3. The number of aryl methyl sites for hydroxylation is 2. The monoisotopic (exact) mass is 386 g/mol. The summed E-state index contributed by atoms with van der Waals surface area (Å²) in [6.45, 7) is 3.82. The highest BCUT2D eigenvalue weighted by Gasteiger charge is 2.40. The van der Waals surface area contributed by atoms with E-state index in [2.05, 4.69) is 5.32 Å². The van der Waals surface area contributed by atoms with E-state index in [4.69, 9.17) is 0 Å². The highest BCUT2D eigenvalue weighted by molar-refractivity contribution is 6.46. The van der Waals surface area contributed by atoms with Crippen molar-refractivity contribution in [1.29, 1.82) is 0 Å². The minimum absolute atomic E-state index is 0.174. The van der Waals surface area contributed by atoms with Gasteiger partial charge in [0.1, 0.15) is 11.5 Å². The van der Waals surface area contributed by atoms with Crippen molar-refractivity contribution in [2.24, 2.45) is 0 Å². The lowest BCUT2D eigenvalue weighted by molar-refractivity contribution is -0.120. The zero-order valence-electron chi connectivity index (χ0n) is 16.1. The van der Waals surface area contributed by atoms with Crippen molar-refractivity contribution in [2.75, 3.05) is 10.2 Å². The van der Waals surface area contributed by atoms with Gasteiger partial charge in [0.2, 0.25) is 0 Å². The minimum atomic E-state index is -0.440. The molecule has 1 N–H and O–H groups in total. The lowest BCUT2D eigenvalue weighted by Crippen LogP contribution is -2.33. The van der Waals surface area contributed by atoms with Crippen LogP contribution in [-0.2, 0) is 9.59 Å². The van der Waals surface area contributed by atoms with Crippen LogP contribution in [0.5, 0.6) is 0 Å². The van der Waals surface area contributed by atoms with Gasteiger partial charge in [-0.05, 0) is 55.3 Å². The molecule has 0 unspecified atom stereocenters. The average Bonchev–Trinajstić information content (AvgIpc) is 2.94. The number of hydrogen-bond acceptors (Lipinski definition) is 3. The van der Waals surface area contributed by atoms with Crippen molar-refractivity contribution in [2.45, 2.75) is 13.8 Å². The molecule has 0 saturated heterocycles. The molecule has 0 bridgehead atoms. The van der Waals surface area contributed by atoms with E-state index < -0.39 is 17.6 Å². The molecular weight excluding hydrogens is 367 g/mol. The van der Waals surface area contributed by atoms with E-state index in [0.29, 0.717) is 16.9 Å². The number of nitrogens with one attached hydrogen (secondary N) is 1. The second-order valence-corrected chi connectivity index (χ2v) is 6.98. The summed E-state index contributed by atoms with van der Waals surface area (Å²) in [5.41, 5.74) is 3.97. The average molecular weight is 386 g/mol. The molecule has 0 atom stereocenters. The zero-order chi connectivity index (χ0) is 20.5. The van der Waals surface area contributed by atoms with Gasteiger partial charge in [-0.1, -0.05) is 48.0 Å². The molecule has 0 spiro atoms. The molecule has 29 heavy (non-hydrogen) atoms. The largest absolute Gasteiger partial charge is 0.350 e. The summed E-state index contributed by atoms with van der Waals surface area (Å²) < 4.78 is 13.4. The fraction of sp³-hybridized carbons (Fsp3) is 0.0833. The zero-order valence-corrected chi connectivity index (χ0v) is 16.1. The summed E-state index contributed by atoms with van der Waals surface area (Å²) in [6.07, 6.45) is 0. The molecule has 4 nitrogen and oxygen atoms in total. The number of hydrogen-bond donors (Lipinski definition) is 1.